The van der Waals surface area contributed by atoms with E-state index < -0.39 is 0 Å². The number of piperidine rings is 1. The highest BCUT2D eigenvalue weighted by molar-refractivity contribution is 6.30. The van der Waals surface area contributed by atoms with E-state index in [-0.39, 0.29) is 17.7 Å². The number of ether oxygens (including phenoxy) is 1. The van der Waals surface area contributed by atoms with Crippen molar-refractivity contribution in [3.05, 3.63) is 23.4 Å². The molecule has 2 N–H and O–H groups in total. The zero-order valence-electron chi connectivity index (χ0n) is 13.8. The second-order valence-electron chi connectivity index (χ2n) is 5.68. The van der Waals surface area contributed by atoms with Crippen LogP contribution >= 0.6 is 11.6 Å². The van der Waals surface area contributed by atoms with Gasteiger partial charge in [0.2, 0.25) is 11.8 Å². The number of hydrogen-bond acceptors (Lipinski definition) is 5. The van der Waals surface area contributed by atoms with Gasteiger partial charge in [-0.25, -0.2) is 4.98 Å². The van der Waals surface area contributed by atoms with Gasteiger partial charge in [0, 0.05) is 38.9 Å². The molecule has 0 aromatic carbocycles. The lowest BCUT2D eigenvalue weighted by atomic mass is 9.96. The number of anilines is 1. The van der Waals surface area contributed by atoms with Crippen LogP contribution in [0, 0.1) is 5.92 Å². The highest BCUT2D eigenvalue weighted by Gasteiger charge is 2.27. The van der Waals surface area contributed by atoms with Crippen LogP contribution in [0.2, 0.25) is 5.02 Å². The lowest BCUT2D eigenvalue weighted by Crippen LogP contribution is -2.45. The van der Waals surface area contributed by atoms with Gasteiger partial charge >= 0.3 is 0 Å². The first-order valence-electron chi connectivity index (χ1n) is 8.00. The van der Waals surface area contributed by atoms with Crippen molar-refractivity contribution in [3.8, 4) is 0 Å². The molecule has 132 valence electrons. The molecule has 2 heterocycles. The van der Waals surface area contributed by atoms with Crippen molar-refractivity contribution in [1.29, 1.82) is 0 Å². The van der Waals surface area contributed by atoms with Crippen molar-refractivity contribution in [2.24, 2.45) is 5.92 Å². The number of nitrogens with one attached hydrogen (secondary N) is 2. The molecule has 1 saturated heterocycles. The lowest BCUT2D eigenvalue weighted by molar-refractivity contribution is -0.133. The first-order chi connectivity index (χ1) is 11.6. The summed E-state index contributed by atoms with van der Waals surface area (Å²) in [5.74, 6) is 0.387. The van der Waals surface area contributed by atoms with E-state index in [0.29, 0.717) is 56.5 Å². The Balaban J connectivity index is 1.72. The molecule has 24 heavy (non-hydrogen) atoms. The molecule has 0 spiro atoms. The Hall–Kier alpha value is -1.70. The molecule has 0 atom stereocenters. The third-order valence-electron chi connectivity index (χ3n) is 3.96. The Labute approximate surface area is 146 Å². The molecule has 0 unspecified atom stereocenters. The molecule has 0 bridgehead atoms. The van der Waals surface area contributed by atoms with E-state index >= 15 is 0 Å². The summed E-state index contributed by atoms with van der Waals surface area (Å²) in [4.78, 5) is 30.2. The number of carbonyl (C=O) groups is 2. The molecular formula is C16H23ClN4O3. The average Bonchev–Trinajstić information content (AvgIpc) is 2.60. The zero-order valence-corrected chi connectivity index (χ0v) is 14.5. The minimum absolute atomic E-state index is 0.0596. The highest BCUT2D eigenvalue weighted by Crippen LogP contribution is 2.19. The zero-order chi connectivity index (χ0) is 17.4. The van der Waals surface area contributed by atoms with E-state index in [1.807, 2.05) is 0 Å². The van der Waals surface area contributed by atoms with Gasteiger partial charge < -0.3 is 20.3 Å². The van der Waals surface area contributed by atoms with Crippen LogP contribution in [0.4, 0.5) is 5.82 Å². The van der Waals surface area contributed by atoms with Crippen molar-refractivity contribution in [3.63, 3.8) is 0 Å². The van der Waals surface area contributed by atoms with Crippen LogP contribution in [0.25, 0.3) is 0 Å². The van der Waals surface area contributed by atoms with Crippen LogP contribution in [0.15, 0.2) is 18.3 Å². The van der Waals surface area contributed by atoms with Crippen molar-refractivity contribution in [1.82, 2.24) is 15.2 Å². The molecule has 0 aliphatic carbocycles. The first-order valence-corrected chi connectivity index (χ1v) is 8.38. The third kappa shape index (κ3) is 5.74. The summed E-state index contributed by atoms with van der Waals surface area (Å²) in [6.07, 6.45) is 2.81. The molecule has 7 nitrogen and oxygen atoms in total. The fourth-order valence-electron chi connectivity index (χ4n) is 2.55. The van der Waals surface area contributed by atoms with Crippen molar-refractivity contribution >= 4 is 29.2 Å². The van der Waals surface area contributed by atoms with E-state index in [0.717, 1.165) is 0 Å². The molecule has 1 aliphatic heterocycles. The number of carbonyl (C=O) groups excluding carboxylic acids is 2. The lowest BCUT2D eigenvalue weighted by Gasteiger charge is -2.31. The summed E-state index contributed by atoms with van der Waals surface area (Å²) in [6, 6.07) is 3.35. The Morgan fingerprint density at radius 2 is 2.12 bits per heavy atom. The summed E-state index contributed by atoms with van der Waals surface area (Å²) in [6.45, 7) is 2.71. The molecule has 1 fully saturated rings. The number of amides is 2. The van der Waals surface area contributed by atoms with E-state index in [1.165, 1.54) is 6.20 Å². The van der Waals surface area contributed by atoms with Crippen LogP contribution in [-0.2, 0) is 14.3 Å². The standard InChI is InChI=1S/C16H23ClN4O3/c1-24-9-6-18-11-15(22)21-7-4-12(5-8-21)16(23)20-14-3-2-13(17)10-19-14/h2-3,10,12,18H,4-9,11H2,1H3,(H,19,20,23). The largest absolute Gasteiger partial charge is 0.383 e. The van der Waals surface area contributed by atoms with Crippen LogP contribution in [0.5, 0.6) is 0 Å². The quantitative estimate of drug-likeness (QED) is 0.718. The number of aromatic nitrogens is 1. The van der Waals surface area contributed by atoms with Gasteiger partial charge in [0.25, 0.3) is 0 Å². The second kappa shape index (κ2) is 9.56. The predicted molar refractivity (Wildman–Crippen MR) is 91.9 cm³/mol. The normalized spacial score (nSPS) is 15.3. The van der Waals surface area contributed by atoms with Gasteiger partial charge in [0.1, 0.15) is 5.82 Å². The molecule has 2 amide bonds. The minimum atomic E-state index is -0.104. The molecule has 8 heteroatoms. The monoisotopic (exact) mass is 354 g/mol. The van der Waals surface area contributed by atoms with Gasteiger partial charge in [-0.05, 0) is 25.0 Å². The van der Waals surface area contributed by atoms with E-state index in [9.17, 15) is 9.59 Å². The summed E-state index contributed by atoms with van der Waals surface area (Å²) in [5.41, 5.74) is 0. The number of methoxy groups -OCH3 is 1. The molecule has 1 aromatic heterocycles. The summed E-state index contributed by atoms with van der Waals surface area (Å²) >= 11 is 5.77. The van der Waals surface area contributed by atoms with Gasteiger partial charge in [0.15, 0.2) is 0 Å². The summed E-state index contributed by atoms with van der Waals surface area (Å²) < 4.78 is 4.92. The van der Waals surface area contributed by atoms with Gasteiger partial charge in [-0.3, -0.25) is 9.59 Å². The number of hydrogen-bond donors (Lipinski definition) is 2. The van der Waals surface area contributed by atoms with Gasteiger partial charge in [-0.15, -0.1) is 0 Å². The van der Waals surface area contributed by atoms with Crippen LogP contribution in [0.3, 0.4) is 0 Å². The van der Waals surface area contributed by atoms with E-state index in [1.54, 1.807) is 24.1 Å². The summed E-state index contributed by atoms with van der Waals surface area (Å²) in [7, 11) is 1.62. The summed E-state index contributed by atoms with van der Waals surface area (Å²) in [5, 5.41) is 6.36. The predicted octanol–water partition coefficient (Wildman–Crippen LogP) is 1.15. The van der Waals surface area contributed by atoms with Crippen molar-refractivity contribution in [2.75, 3.05) is 45.2 Å². The molecule has 2 rings (SSSR count). The van der Waals surface area contributed by atoms with Crippen LogP contribution < -0.4 is 10.6 Å². The van der Waals surface area contributed by atoms with Gasteiger partial charge in [0.05, 0.1) is 18.2 Å². The molecule has 1 aromatic rings. The minimum Gasteiger partial charge on any atom is -0.383 e. The van der Waals surface area contributed by atoms with Gasteiger partial charge in [-0.1, -0.05) is 11.6 Å². The fourth-order valence-corrected chi connectivity index (χ4v) is 2.66. The Kier molecular flexibility index (Phi) is 7.42. The number of likely N-dealkylation sites (tertiary alicyclic amines) is 1. The molecular weight excluding hydrogens is 332 g/mol. The average molecular weight is 355 g/mol. The number of pyridine rings is 1. The molecule has 0 saturated carbocycles. The maximum atomic E-state index is 12.3. The maximum absolute atomic E-state index is 12.3. The number of halogens is 1. The first kappa shape index (κ1) is 18.6. The topological polar surface area (TPSA) is 83.6 Å². The highest BCUT2D eigenvalue weighted by atomic mass is 35.5. The fraction of sp³-hybridized carbons (Fsp3) is 0.562. The van der Waals surface area contributed by atoms with E-state index in [4.69, 9.17) is 16.3 Å². The van der Waals surface area contributed by atoms with Crippen molar-refractivity contribution < 1.29 is 14.3 Å². The maximum Gasteiger partial charge on any atom is 0.236 e. The second-order valence-corrected chi connectivity index (χ2v) is 6.11. The Morgan fingerprint density at radius 1 is 1.38 bits per heavy atom. The van der Waals surface area contributed by atoms with Gasteiger partial charge in [-0.2, -0.15) is 0 Å². The Bertz CT molecular complexity index is 545. The third-order valence-corrected chi connectivity index (χ3v) is 4.18. The van der Waals surface area contributed by atoms with Crippen LogP contribution in [0.1, 0.15) is 12.8 Å². The SMILES string of the molecule is COCCNCC(=O)N1CCC(C(=O)Nc2ccc(Cl)cn2)CC1. The molecule has 1 aliphatic rings. The van der Waals surface area contributed by atoms with E-state index in [2.05, 4.69) is 15.6 Å². The number of rotatable bonds is 7. The van der Waals surface area contributed by atoms with Crippen molar-refractivity contribution in [2.45, 2.75) is 12.8 Å². The number of nitrogens with zero attached hydrogens (tertiary/aromatic N) is 2. The van der Waals surface area contributed by atoms with Crippen LogP contribution in [-0.4, -0.2) is 61.6 Å². The molecule has 0 radical (unpaired) electrons. The smallest absolute Gasteiger partial charge is 0.236 e. The Morgan fingerprint density at radius 3 is 2.75 bits per heavy atom.